The molecule has 0 radical (unpaired) electrons. The van der Waals surface area contributed by atoms with Gasteiger partial charge in [0.2, 0.25) is 11.7 Å². The Labute approximate surface area is 146 Å². The molecule has 0 aliphatic carbocycles. The van der Waals surface area contributed by atoms with Crippen molar-refractivity contribution in [2.24, 2.45) is 0 Å². The Morgan fingerprint density at radius 3 is 2.84 bits per heavy atom. The number of hydrogen-bond acceptors (Lipinski definition) is 7. The summed E-state index contributed by atoms with van der Waals surface area (Å²) in [5, 5.41) is 7.16. The summed E-state index contributed by atoms with van der Waals surface area (Å²) in [4.78, 5) is 10.7. The maximum absolute atomic E-state index is 5.65. The Morgan fingerprint density at radius 1 is 1.16 bits per heavy atom. The van der Waals surface area contributed by atoms with Gasteiger partial charge in [-0.3, -0.25) is 0 Å². The van der Waals surface area contributed by atoms with Crippen LogP contribution in [0.25, 0.3) is 22.8 Å². The highest BCUT2D eigenvalue weighted by Gasteiger charge is 2.12. The Bertz CT molecular complexity index is 832. The van der Waals surface area contributed by atoms with Gasteiger partial charge in [-0.05, 0) is 38.4 Å². The van der Waals surface area contributed by atoms with Crippen molar-refractivity contribution < 1.29 is 9.26 Å². The Morgan fingerprint density at radius 2 is 2.04 bits per heavy atom. The molecular formula is C18H21N5O2. The topological polar surface area (TPSA) is 76.3 Å². The molecule has 25 heavy (non-hydrogen) atoms. The first-order chi connectivity index (χ1) is 12.2. The van der Waals surface area contributed by atoms with Gasteiger partial charge in [-0.15, -0.1) is 0 Å². The van der Waals surface area contributed by atoms with Crippen molar-refractivity contribution >= 4 is 5.69 Å². The van der Waals surface area contributed by atoms with E-state index in [1.165, 1.54) is 0 Å². The maximum Gasteiger partial charge on any atom is 0.258 e. The average Bonchev–Trinajstić information content (AvgIpc) is 3.12. The molecule has 1 N–H and O–H groups in total. The van der Waals surface area contributed by atoms with E-state index in [-0.39, 0.29) is 0 Å². The van der Waals surface area contributed by atoms with Gasteiger partial charge in [-0.1, -0.05) is 11.2 Å². The molecule has 2 aromatic heterocycles. The quantitative estimate of drug-likeness (QED) is 0.709. The van der Waals surface area contributed by atoms with Crippen molar-refractivity contribution in [1.82, 2.24) is 20.0 Å². The van der Waals surface area contributed by atoms with E-state index in [1.54, 1.807) is 6.20 Å². The molecule has 1 aromatic carbocycles. The van der Waals surface area contributed by atoms with Gasteiger partial charge in [0, 0.05) is 42.7 Å². The second kappa shape index (κ2) is 7.76. The number of nitrogens with zero attached hydrogens (tertiary/aromatic N) is 4. The minimum atomic E-state index is 0.471. The lowest BCUT2D eigenvalue weighted by Gasteiger charge is -2.10. The van der Waals surface area contributed by atoms with Gasteiger partial charge >= 0.3 is 0 Å². The highest BCUT2D eigenvalue weighted by molar-refractivity contribution is 5.64. The molecule has 3 aromatic rings. The third-order valence-corrected chi connectivity index (χ3v) is 3.61. The minimum absolute atomic E-state index is 0.471. The number of nitrogens with one attached hydrogen (secondary N) is 1. The van der Waals surface area contributed by atoms with Crippen molar-refractivity contribution in [1.29, 1.82) is 0 Å². The average molecular weight is 339 g/mol. The zero-order valence-electron chi connectivity index (χ0n) is 14.6. The van der Waals surface area contributed by atoms with Crippen LogP contribution >= 0.6 is 0 Å². The van der Waals surface area contributed by atoms with Crippen LogP contribution in [0.15, 0.2) is 47.1 Å². The molecule has 7 heteroatoms. The molecule has 0 amide bonds. The van der Waals surface area contributed by atoms with Gasteiger partial charge in [0.05, 0.1) is 0 Å². The Balaban J connectivity index is 1.77. The summed E-state index contributed by atoms with van der Waals surface area (Å²) >= 11 is 0. The standard InChI is InChI=1S/C18H21N5O2/c1-19-15-6-4-5-14(11-15)18-21-17(22-25-18)13-7-8-20-16(12-13)24-10-9-23(2)3/h4-8,11-12,19H,9-10H2,1-3H3. The fourth-order valence-corrected chi connectivity index (χ4v) is 2.23. The maximum atomic E-state index is 5.65. The van der Waals surface area contributed by atoms with E-state index in [0.29, 0.717) is 24.2 Å². The summed E-state index contributed by atoms with van der Waals surface area (Å²) in [6, 6.07) is 11.4. The molecule has 0 atom stereocenters. The van der Waals surface area contributed by atoms with Crippen molar-refractivity contribution in [2.75, 3.05) is 39.6 Å². The van der Waals surface area contributed by atoms with Crippen LogP contribution in [-0.2, 0) is 0 Å². The Kier molecular flexibility index (Phi) is 5.25. The van der Waals surface area contributed by atoms with E-state index >= 15 is 0 Å². The van der Waals surface area contributed by atoms with Gasteiger partial charge in [0.1, 0.15) is 6.61 Å². The van der Waals surface area contributed by atoms with E-state index < -0.39 is 0 Å². The van der Waals surface area contributed by atoms with Crippen LogP contribution < -0.4 is 10.1 Å². The van der Waals surface area contributed by atoms with E-state index in [0.717, 1.165) is 23.4 Å². The van der Waals surface area contributed by atoms with Gasteiger partial charge in [-0.2, -0.15) is 4.98 Å². The number of aromatic nitrogens is 3. The summed E-state index contributed by atoms with van der Waals surface area (Å²) < 4.78 is 11.1. The van der Waals surface area contributed by atoms with E-state index in [1.807, 2.05) is 57.5 Å². The second-order valence-electron chi connectivity index (χ2n) is 5.79. The van der Waals surface area contributed by atoms with Crippen LogP contribution in [0.5, 0.6) is 5.88 Å². The molecule has 7 nitrogen and oxygen atoms in total. The molecule has 0 saturated heterocycles. The van der Waals surface area contributed by atoms with Crippen LogP contribution in [0.3, 0.4) is 0 Å². The number of pyridine rings is 1. The van der Waals surface area contributed by atoms with Crippen molar-refractivity contribution in [3.05, 3.63) is 42.6 Å². The SMILES string of the molecule is CNc1cccc(-c2nc(-c3ccnc(OCCN(C)C)c3)no2)c1. The Hall–Kier alpha value is -2.93. The summed E-state index contributed by atoms with van der Waals surface area (Å²) in [5.41, 5.74) is 2.65. The smallest absolute Gasteiger partial charge is 0.258 e. The molecule has 0 bridgehead atoms. The fourth-order valence-electron chi connectivity index (χ4n) is 2.23. The van der Waals surface area contributed by atoms with Gasteiger partial charge in [-0.25, -0.2) is 4.98 Å². The number of benzene rings is 1. The molecule has 130 valence electrons. The number of hydrogen-bond donors (Lipinski definition) is 1. The zero-order chi connectivity index (χ0) is 17.6. The molecule has 0 spiro atoms. The first-order valence-electron chi connectivity index (χ1n) is 8.01. The summed E-state index contributed by atoms with van der Waals surface area (Å²) in [5.74, 6) is 1.52. The van der Waals surface area contributed by atoms with Crippen molar-refractivity contribution in [2.45, 2.75) is 0 Å². The van der Waals surface area contributed by atoms with Crippen LogP contribution in [0.4, 0.5) is 5.69 Å². The van der Waals surface area contributed by atoms with E-state index in [4.69, 9.17) is 9.26 Å². The summed E-state index contributed by atoms with van der Waals surface area (Å²) in [7, 11) is 5.86. The number of anilines is 1. The zero-order valence-corrected chi connectivity index (χ0v) is 14.6. The summed E-state index contributed by atoms with van der Waals surface area (Å²) in [6.07, 6.45) is 1.68. The van der Waals surface area contributed by atoms with Crippen LogP contribution in [0.1, 0.15) is 0 Å². The number of likely N-dealkylation sites (N-methyl/N-ethyl adjacent to an activating group) is 1. The highest BCUT2D eigenvalue weighted by Crippen LogP contribution is 2.25. The molecule has 0 fully saturated rings. The van der Waals surface area contributed by atoms with Gasteiger partial charge < -0.3 is 19.5 Å². The normalized spacial score (nSPS) is 10.9. The predicted octanol–water partition coefficient (Wildman–Crippen LogP) is 2.78. The fraction of sp³-hybridized carbons (Fsp3) is 0.278. The van der Waals surface area contributed by atoms with Crippen molar-refractivity contribution in [3.63, 3.8) is 0 Å². The summed E-state index contributed by atoms with van der Waals surface area (Å²) in [6.45, 7) is 1.39. The lowest BCUT2D eigenvalue weighted by atomic mass is 10.2. The van der Waals surface area contributed by atoms with E-state index in [9.17, 15) is 0 Å². The van der Waals surface area contributed by atoms with Gasteiger partial charge in [0.15, 0.2) is 0 Å². The van der Waals surface area contributed by atoms with Crippen LogP contribution in [0, 0.1) is 0 Å². The molecule has 0 aliphatic heterocycles. The number of ether oxygens (including phenoxy) is 1. The second-order valence-corrected chi connectivity index (χ2v) is 5.79. The predicted molar refractivity (Wildman–Crippen MR) is 96.6 cm³/mol. The van der Waals surface area contributed by atoms with E-state index in [2.05, 4.69) is 25.3 Å². The molecular weight excluding hydrogens is 318 g/mol. The first-order valence-corrected chi connectivity index (χ1v) is 8.01. The largest absolute Gasteiger partial charge is 0.476 e. The third-order valence-electron chi connectivity index (χ3n) is 3.61. The lowest BCUT2D eigenvalue weighted by molar-refractivity contribution is 0.254. The molecule has 0 unspecified atom stereocenters. The highest BCUT2D eigenvalue weighted by atomic mass is 16.5. The lowest BCUT2D eigenvalue weighted by Crippen LogP contribution is -2.19. The number of rotatable bonds is 7. The van der Waals surface area contributed by atoms with Gasteiger partial charge in [0.25, 0.3) is 5.89 Å². The minimum Gasteiger partial charge on any atom is -0.476 e. The molecule has 2 heterocycles. The molecule has 3 rings (SSSR count). The van der Waals surface area contributed by atoms with Crippen molar-refractivity contribution in [3.8, 4) is 28.7 Å². The molecule has 0 saturated carbocycles. The first kappa shape index (κ1) is 16.9. The molecule has 0 aliphatic rings. The van der Waals surface area contributed by atoms with Crippen LogP contribution in [0.2, 0.25) is 0 Å². The van der Waals surface area contributed by atoms with Crippen LogP contribution in [-0.4, -0.2) is 54.3 Å². The monoisotopic (exact) mass is 339 g/mol. The third kappa shape index (κ3) is 4.33.